The molecule has 2 N–H and O–H groups in total. The molecule has 0 aliphatic rings. The molecule has 1 amide bonds. The van der Waals surface area contributed by atoms with Crippen molar-refractivity contribution in [2.75, 3.05) is 12.8 Å². The lowest BCUT2D eigenvalue weighted by Crippen LogP contribution is -2.26. The molecule has 0 saturated heterocycles. The lowest BCUT2D eigenvalue weighted by atomic mass is 10.1. The van der Waals surface area contributed by atoms with Gasteiger partial charge in [-0.3, -0.25) is 4.79 Å². The molecule has 0 spiro atoms. The number of aryl methyl sites for hydroxylation is 1. The molecule has 4 heteroatoms. The lowest BCUT2D eigenvalue weighted by molar-refractivity contribution is 0.0785. The largest absolute Gasteiger partial charge is 0.398 e. The van der Waals surface area contributed by atoms with E-state index in [9.17, 15) is 9.18 Å². The fraction of sp³-hybridized carbons (Fsp3) is 0.188. The van der Waals surface area contributed by atoms with Gasteiger partial charge in [0, 0.05) is 24.8 Å². The molecule has 0 aromatic heterocycles. The van der Waals surface area contributed by atoms with E-state index in [0.717, 1.165) is 5.56 Å². The topological polar surface area (TPSA) is 46.3 Å². The summed E-state index contributed by atoms with van der Waals surface area (Å²) in [6, 6.07) is 11.8. The molecule has 2 rings (SSSR count). The van der Waals surface area contributed by atoms with E-state index in [4.69, 9.17) is 5.73 Å². The van der Waals surface area contributed by atoms with Gasteiger partial charge in [-0.05, 0) is 42.3 Å². The molecule has 0 aliphatic heterocycles. The molecule has 104 valence electrons. The number of para-hydroxylation sites is 1. The highest BCUT2D eigenvalue weighted by Gasteiger charge is 2.14. The van der Waals surface area contributed by atoms with Crippen LogP contribution < -0.4 is 5.73 Å². The number of rotatable bonds is 3. The van der Waals surface area contributed by atoms with Gasteiger partial charge < -0.3 is 10.6 Å². The van der Waals surface area contributed by atoms with Crippen LogP contribution in [0.3, 0.4) is 0 Å². The average Bonchev–Trinajstić information content (AvgIpc) is 2.43. The van der Waals surface area contributed by atoms with Gasteiger partial charge in [-0.15, -0.1) is 0 Å². The molecule has 2 aromatic rings. The Morgan fingerprint density at radius 2 is 1.95 bits per heavy atom. The monoisotopic (exact) mass is 272 g/mol. The molecule has 0 atom stereocenters. The highest BCUT2D eigenvalue weighted by atomic mass is 19.1. The molecule has 3 nitrogen and oxygen atoms in total. The van der Waals surface area contributed by atoms with Gasteiger partial charge in [0.25, 0.3) is 5.91 Å². The van der Waals surface area contributed by atoms with E-state index >= 15 is 0 Å². The van der Waals surface area contributed by atoms with E-state index in [2.05, 4.69) is 0 Å². The maximum Gasteiger partial charge on any atom is 0.253 e. The summed E-state index contributed by atoms with van der Waals surface area (Å²) in [4.78, 5) is 13.9. The van der Waals surface area contributed by atoms with Crippen molar-refractivity contribution in [3.05, 3.63) is 65.0 Å². The summed E-state index contributed by atoms with van der Waals surface area (Å²) >= 11 is 0. The molecule has 0 aliphatic carbocycles. The van der Waals surface area contributed by atoms with Gasteiger partial charge in [-0.25, -0.2) is 4.39 Å². The minimum atomic E-state index is -0.309. The van der Waals surface area contributed by atoms with E-state index in [-0.39, 0.29) is 11.7 Å². The first-order chi connectivity index (χ1) is 9.49. The van der Waals surface area contributed by atoms with Crippen LogP contribution >= 0.6 is 0 Å². The molecular weight excluding hydrogens is 255 g/mol. The maximum absolute atomic E-state index is 13.2. The normalized spacial score (nSPS) is 10.3. The lowest BCUT2D eigenvalue weighted by Gasteiger charge is -2.18. The molecule has 0 fully saturated rings. The first kappa shape index (κ1) is 14.1. The smallest absolute Gasteiger partial charge is 0.253 e. The van der Waals surface area contributed by atoms with Gasteiger partial charge in [0.05, 0.1) is 0 Å². The van der Waals surface area contributed by atoms with Gasteiger partial charge in [0.1, 0.15) is 5.82 Å². The van der Waals surface area contributed by atoms with Crippen LogP contribution in [0.4, 0.5) is 10.1 Å². The van der Waals surface area contributed by atoms with Gasteiger partial charge >= 0.3 is 0 Å². The van der Waals surface area contributed by atoms with Crippen LogP contribution in [0.25, 0.3) is 0 Å². The Balaban J connectivity index is 2.16. The number of carbonyl (C=O) groups is 1. The number of halogens is 1. The summed E-state index contributed by atoms with van der Waals surface area (Å²) < 4.78 is 13.2. The Bertz CT molecular complexity index is 640. The number of nitrogens with zero attached hydrogens (tertiary/aromatic N) is 1. The highest BCUT2D eigenvalue weighted by Crippen LogP contribution is 2.15. The quantitative estimate of drug-likeness (QED) is 0.873. The van der Waals surface area contributed by atoms with Crippen molar-refractivity contribution in [2.24, 2.45) is 0 Å². The van der Waals surface area contributed by atoms with Crippen LogP contribution in [0.2, 0.25) is 0 Å². The number of nitrogens with two attached hydrogens (primary N) is 1. The Kier molecular flexibility index (Phi) is 4.03. The minimum absolute atomic E-state index is 0.156. The zero-order valence-corrected chi connectivity index (χ0v) is 11.6. The molecule has 0 heterocycles. The van der Waals surface area contributed by atoms with Crippen LogP contribution in [0.1, 0.15) is 21.5 Å². The summed E-state index contributed by atoms with van der Waals surface area (Å²) in [5, 5.41) is 0. The summed E-state index contributed by atoms with van der Waals surface area (Å²) in [5.41, 5.74) is 8.34. The summed E-state index contributed by atoms with van der Waals surface area (Å²) in [6.07, 6.45) is 0. The van der Waals surface area contributed by atoms with Gasteiger partial charge in [0.15, 0.2) is 0 Å². The number of hydrogen-bond donors (Lipinski definition) is 1. The van der Waals surface area contributed by atoms with Crippen molar-refractivity contribution in [2.45, 2.75) is 13.5 Å². The van der Waals surface area contributed by atoms with Crippen molar-refractivity contribution in [1.82, 2.24) is 4.90 Å². The van der Waals surface area contributed by atoms with Crippen LogP contribution in [0.15, 0.2) is 42.5 Å². The van der Waals surface area contributed by atoms with Crippen molar-refractivity contribution >= 4 is 11.6 Å². The third-order valence-corrected chi connectivity index (χ3v) is 3.21. The summed E-state index contributed by atoms with van der Waals surface area (Å²) in [7, 11) is 1.70. The van der Waals surface area contributed by atoms with E-state index in [0.29, 0.717) is 23.4 Å². The van der Waals surface area contributed by atoms with E-state index in [1.807, 2.05) is 18.2 Å². The van der Waals surface area contributed by atoms with Gasteiger partial charge in [0.2, 0.25) is 0 Å². The number of anilines is 1. The van der Waals surface area contributed by atoms with Crippen molar-refractivity contribution in [3.63, 3.8) is 0 Å². The van der Waals surface area contributed by atoms with Crippen LogP contribution in [-0.4, -0.2) is 17.9 Å². The summed E-state index contributed by atoms with van der Waals surface area (Å²) in [5.74, 6) is -0.465. The number of hydrogen-bond acceptors (Lipinski definition) is 2. The van der Waals surface area contributed by atoms with Crippen LogP contribution in [0, 0.1) is 12.7 Å². The molecule has 0 radical (unpaired) electrons. The van der Waals surface area contributed by atoms with Crippen molar-refractivity contribution in [1.29, 1.82) is 0 Å². The second-order valence-electron chi connectivity index (χ2n) is 4.82. The Hall–Kier alpha value is -2.36. The van der Waals surface area contributed by atoms with Crippen molar-refractivity contribution in [3.8, 4) is 0 Å². The van der Waals surface area contributed by atoms with E-state index in [1.54, 1.807) is 31.0 Å². The van der Waals surface area contributed by atoms with Crippen molar-refractivity contribution < 1.29 is 9.18 Å². The van der Waals surface area contributed by atoms with E-state index < -0.39 is 0 Å². The SMILES string of the molecule is Cc1cc(C(=O)N(C)Cc2ccccc2N)ccc1F. The molecule has 2 aromatic carbocycles. The van der Waals surface area contributed by atoms with Gasteiger partial charge in [-0.1, -0.05) is 18.2 Å². The highest BCUT2D eigenvalue weighted by molar-refractivity contribution is 5.94. The standard InChI is InChI=1S/C16H17FN2O/c1-11-9-12(7-8-14(11)17)16(20)19(2)10-13-5-3-4-6-15(13)18/h3-9H,10,18H2,1-2H3. The van der Waals surface area contributed by atoms with E-state index in [1.165, 1.54) is 12.1 Å². The molecule has 0 unspecified atom stereocenters. The predicted molar refractivity (Wildman–Crippen MR) is 77.8 cm³/mol. The zero-order chi connectivity index (χ0) is 14.7. The number of nitrogen functional groups attached to an aromatic ring is 1. The molecular formula is C16H17FN2O. The predicted octanol–water partition coefficient (Wildman–Crippen LogP) is 2.99. The maximum atomic E-state index is 13.2. The van der Waals surface area contributed by atoms with Crippen LogP contribution in [-0.2, 0) is 6.54 Å². The number of benzene rings is 2. The Labute approximate surface area is 117 Å². The number of carbonyl (C=O) groups excluding carboxylic acids is 1. The fourth-order valence-electron chi connectivity index (χ4n) is 2.00. The van der Waals surface area contributed by atoms with Gasteiger partial charge in [-0.2, -0.15) is 0 Å². The zero-order valence-electron chi connectivity index (χ0n) is 11.6. The third kappa shape index (κ3) is 2.96. The van der Waals surface area contributed by atoms with Crippen LogP contribution in [0.5, 0.6) is 0 Å². The first-order valence-electron chi connectivity index (χ1n) is 6.34. The third-order valence-electron chi connectivity index (χ3n) is 3.21. The second-order valence-corrected chi connectivity index (χ2v) is 4.82. The average molecular weight is 272 g/mol. The Morgan fingerprint density at radius 3 is 2.60 bits per heavy atom. The molecule has 20 heavy (non-hydrogen) atoms. The summed E-state index contributed by atoms with van der Waals surface area (Å²) in [6.45, 7) is 2.06. The second kappa shape index (κ2) is 5.74. The Morgan fingerprint density at radius 1 is 1.25 bits per heavy atom. The minimum Gasteiger partial charge on any atom is -0.398 e. The molecule has 0 bridgehead atoms. The number of amides is 1. The first-order valence-corrected chi connectivity index (χ1v) is 6.34. The fourth-order valence-corrected chi connectivity index (χ4v) is 2.00. The molecule has 0 saturated carbocycles.